The first-order valence-electron chi connectivity index (χ1n) is 14.8. The number of Topliss-reactive ketones (excluding diaryl/α,β-unsaturated/α-hetero) is 1. The van der Waals surface area contributed by atoms with Gasteiger partial charge in [-0.2, -0.15) is 0 Å². The Morgan fingerprint density at radius 2 is 1.68 bits per heavy atom. The number of methoxy groups -OCH3 is 1. The molecule has 4 atom stereocenters. The number of carbonyl (C=O) groups excluding carboxylic acids is 4. The number of phenolic OH excluding ortho intramolecular Hbond substituents is 1. The summed E-state index contributed by atoms with van der Waals surface area (Å²) < 4.78 is 10.8. The zero-order valence-electron chi connectivity index (χ0n) is 24.3. The van der Waals surface area contributed by atoms with Gasteiger partial charge in [-0.25, -0.2) is 0 Å². The highest BCUT2D eigenvalue weighted by atomic mass is 35.5. The lowest BCUT2D eigenvalue weighted by atomic mass is 9.59. The van der Waals surface area contributed by atoms with Crippen molar-refractivity contribution in [3.05, 3.63) is 81.4 Å². The molecule has 7 rings (SSSR count). The van der Waals surface area contributed by atoms with Crippen molar-refractivity contribution in [2.45, 2.75) is 25.7 Å². The van der Waals surface area contributed by atoms with Gasteiger partial charge >= 0.3 is 0 Å². The van der Waals surface area contributed by atoms with E-state index in [1.54, 1.807) is 31.2 Å². The number of benzene rings is 2. The summed E-state index contributed by atoms with van der Waals surface area (Å²) in [5.74, 6) is -3.63. The summed E-state index contributed by atoms with van der Waals surface area (Å²) in [7, 11) is 1.40. The minimum Gasteiger partial charge on any atom is -0.503 e. The zero-order valence-corrected chi connectivity index (χ0v) is 25.1. The number of halogens is 1. The second-order valence-corrected chi connectivity index (χ2v) is 12.3. The minimum atomic E-state index is -0.693. The lowest BCUT2D eigenvalue weighted by Gasteiger charge is -2.42. The number of carbonyl (C=O) groups is 4. The molecule has 2 amide bonds. The average Bonchev–Trinajstić information content (AvgIpc) is 3.30. The molecule has 2 aliphatic heterocycles. The number of aromatic hydroxyl groups is 1. The van der Waals surface area contributed by atoms with Crippen LogP contribution in [0.1, 0.15) is 31.2 Å². The number of allylic oxidation sites excluding steroid dienone is 6. The van der Waals surface area contributed by atoms with E-state index in [0.717, 1.165) is 24.4 Å². The Morgan fingerprint density at radius 3 is 2.39 bits per heavy atom. The smallest absolute Gasteiger partial charge is 0.238 e. The molecule has 226 valence electrons. The number of anilines is 2. The first-order valence-corrected chi connectivity index (χ1v) is 15.1. The molecule has 10 heteroatoms. The number of imide groups is 1. The number of ketones is 2. The molecule has 0 spiro atoms. The van der Waals surface area contributed by atoms with Gasteiger partial charge in [0.05, 0.1) is 42.9 Å². The number of nitrogens with zero attached hydrogens (tertiary/aromatic N) is 2. The fourth-order valence-electron chi connectivity index (χ4n) is 7.55. The molecule has 0 bridgehead atoms. The van der Waals surface area contributed by atoms with Crippen LogP contribution in [0, 0.1) is 17.8 Å². The maximum atomic E-state index is 14.2. The van der Waals surface area contributed by atoms with E-state index in [9.17, 15) is 24.3 Å². The van der Waals surface area contributed by atoms with E-state index in [2.05, 4.69) is 4.90 Å². The molecule has 2 saturated heterocycles. The van der Waals surface area contributed by atoms with Crippen molar-refractivity contribution in [3.63, 3.8) is 0 Å². The summed E-state index contributed by atoms with van der Waals surface area (Å²) in [6, 6.07) is 10.6. The third kappa shape index (κ3) is 4.32. The van der Waals surface area contributed by atoms with Gasteiger partial charge in [0.1, 0.15) is 0 Å². The number of ether oxygens (including phenoxy) is 2. The van der Waals surface area contributed by atoms with E-state index < -0.39 is 23.7 Å². The van der Waals surface area contributed by atoms with E-state index in [-0.39, 0.29) is 46.3 Å². The van der Waals surface area contributed by atoms with Crippen molar-refractivity contribution in [1.82, 2.24) is 0 Å². The van der Waals surface area contributed by atoms with Gasteiger partial charge in [-0.15, -0.1) is 0 Å². The second-order valence-electron chi connectivity index (χ2n) is 11.9. The van der Waals surface area contributed by atoms with Crippen LogP contribution in [-0.2, 0) is 23.9 Å². The molecular weight excluding hydrogens is 584 g/mol. The Bertz CT molecular complexity index is 1720. The topological polar surface area (TPSA) is 113 Å². The number of rotatable bonds is 4. The average molecular weight is 615 g/mol. The second kappa shape index (κ2) is 10.7. The summed E-state index contributed by atoms with van der Waals surface area (Å²) >= 11 is 6.40. The molecule has 2 aromatic rings. The Balaban J connectivity index is 1.28. The molecule has 1 N–H and O–H groups in total. The van der Waals surface area contributed by atoms with Crippen LogP contribution in [0.15, 0.2) is 70.8 Å². The van der Waals surface area contributed by atoms with Crippen LogP contribution in [0.25, 0.3) is 0 Å². The van der Waals surface area contributed by atoms with Gasteiger partial charge in [0.15, 0.2) is 23.1 Å². The van der Waals surface area contributed by atoms with E-state index in [1.165, 1.54) is 18.1 Å². The largest absolute Gasteiger partial charge is 0.503 e. The maximum absolute atomic E-state index is 14.2. The van der Waals surface area contributed by atoms with Crippen LogP contribution in [0.2, 0.25) is 5.02 Å². The van der Waals surface area contributed by atoms with Crippen LogP contribution in [-0.4, -0.2) is 61.9 Å². The zero-order chi connectivity index (χ0) is 30.9. The third-order valence-electron chi connectivity index (χ3n) is 9.65. The first-order chi connectivity index (χ1) is 21.2. The lowest BCUT2D eigenvalue weighted by Crippen LogP contribution is -2.39. The van der Waals surface area contributed by atoms with Crippen molar-refractivity contribution < 1.29 is 33.8 Å². The van der Waals surface area contributed by atoms with Gasteiger partial charge in [0, 0.05) is 41.4 Å². The van der Waals surface area contributed by atoms with E-state index >= 15 is 0 Å². The van der Waals surface area contributed by atoms with Crippen LogP contribution < -0.4 is 14.5 Å². The van der Waals surface area contributed by atoms with Gasteiger partial charge < -0.3 is 19.5 Å². The van der Waals surface area contributed by atoms with Gasteiger partial charge in [-0.05, 0) is 73.7 Å². The van der Waals surface area contributed by atoms with Crippen molar-refractivity contribution in [3.8, 4) is 11.5 Å². The number of phenols is 1. The van der Waals surface area contributed by atoms with E-state index in [1.807, 2.05) is 18.2 Å². The summed E-state index contributed by atoms with van der Waals surface area (Å²) in [4.78, 5) is 58.5. The molecule has 0 aromatic heterocycles. The normalized spacial score (nSPS) is 26.7. The molecular formula is C34H31ClN2O7. The number of hydrogen-bond acceptors (Lipinski definition) is 8. The monoisotopic (exact) mass is 614 g/mol. The van der Waals surface area contributed by atoms with Crippen molar-refractivity contribution in [1.29, 1.82) is 0 Å². The Hall–Kier alpha value is -4.21. The van der Waals surface area contributed by atoms with E-state index in [0.29, 0.717) is 47.6 Å². The van der Waals surface area contributed by atoms with Crippen molar-refractivity contribution in [2.75, 3.05) is 43.2 Å². The molecule has 2 heterocycles. The van der Waals surface area contributed by atoms with Gasteiger partial charge in [-0.1, -0.05) is 23.3 Å². The van der Waals surface area contributed by atoms with Gasteiger partial charge in [0.2, 0.25) is 11.8 Å². The summed E-state index contributed by atoms with van der Waals surface area (Å²) in [5.41, 5.74) is 3.92. The highest BCUT2D eigenvalue weighted by molar-refractivity contribution is 6.32. The van der Waals surface area contributed by atoms with Gasteiger partial charge in [-0.3, -0.25) is 24.1 Å². The number of amides is 2. The molecule has 2 fully saturated rings. The van der Waals surface area contributed by atoms with Crippen LogP contribution in [0.4, 0.5) is 11.4 Å². The highest BCUT2D eigenvalue weighted by Crippen LogP contribution is 2.56. The number of hydrogen-bond donors (Lipinski definition) is 1. The summed E-state index contributed by atoms with van der Waals surface area (Å²) in [6.45, 7) is 4.46. The Labute approximate surface area is 259 Å². The number of morpholine rings is 1. The molecule has 3 aliphatic carbocycles. The van der Waals surface area contributed by atoms with Crippen molar-refractivity contribution >= 4 is 46.4 Å². The predicted octanol–water partition coefficient (Wildman–Crippen LogP) is 4.52. The Morgan fingerprint density at radius 1 is 0.977 bits per heavy atom. The highest BCUT2D eigenvalue weighted by Gasteiger charge is 2.56. The quantitative estimate of drug-likeness (QED) is 0.304. The van der Waals surface area contributed by atoms with Crippen molar-refractivity contribution in [2.24, 2.45) is 17.8 Å². The molecule has 2 aromatic carbocycles. The summed E-state index contributed by atoms with van der Waals surface area (Å²) in [6.07, 6.45) is 3.80. The molecule has 0 radical (unpaired) electrons. The summed E-state index contributed by atoms with van der Waals surface area (Å²) in [5, 5.41) is 10.5. The molecule has 44 heavy (non-hydrogen) atoms. The molecule has 0 saturated carbocycles. The van der Waals surface area contributed by atoms with Gasteiger partial charge in [0.25, 0.3) is 0 Å². The Kier molecular flexibility index (Phi) is 6.98. The fourth-order valence-corrected chi connectivity index (χ4v) is 7.76. The first kappa shape index (κ1) is 28.6. The fraction of sp³-hybridized carbons (Fsp3) is 0.353. The lowest BCUT2D eigenvalue weighted by molar-refractivity contribution is -0.123. The standard InChI is InChI=1S/C34H31ClN2O7/c1-17-13-26(38)24-16-23-21(28(30(24)31(17)39)18-14-25(35)32(40)27(15-18)43-2)7-8-22-29(23)34(42)37(33(22)41)20-5-3-19(4-6-20)36-9-11-44-12-10-36/h3-7,13-15,22-23,28-29,40H,8-12,16H2,1-2H3. The molecule has 9 nitrogen and oxygen atoms in total. The SMILES string of the molecule is COc1cc(C2C3=CCC4C(=O)N(c5ccc(N6CCOCC6)cc5)C(=O)C4C3CC3=C2C(=O)C(C)=CC3=O)cc(Cl)c1O. The van der Waals surface area contributed by atoms with Crippen LogP contribution in [0.3, 0.4) is 0 Å². The van der Waals surface area contributed by atoms with Crippen LogP contribution in [0.5, 0.6) is 11.5 Å². The predicted molar refractivity (Wildman–Crippen MR) is 163 cm³/mol. The van der Waals surface area contributed by atoms with E-state index in [4.69, 9.17) is 21.1 Å². The maximum Gasteiger partial charge on any atom is 0.238 e. The molecule has 5 aliphatic rings. The number of fused-ring (bicyclic) bond motifs is 3. The minimum absolute atomic E-state index is 0.0404. The third-order valence-corrected chi connectivity index (χ3v) is 9.94. The van der Waals surface area contributed by atoms with Crippen LogP contribution >= 0.6 is 11.6 Å². The molecule has 4 unspecified atom stereocenters.